The highest BCUT2D eigenvalue weighted by atomic mass is 35.7. The molecule has 21 heavy (non-hydrogen) atoms. The van der Waals surface area contributed by atoms with Gasteiger partial charge in [0.05, 0.1) is 12.4 Å². The van der Waals surface area contributed by atoms with Crippen molar-refractivity contribution in [2.75, 3.05) is 32.2 Å². The molecule has 0 bridgehead atoms. The van der Waals surface area contributed by atoms with E-state index in [1.54, 1.807) is 0 Å². The van der Waals surface area contributed by atoms with Gasteiger partial charge in [-0.25, -0.2) is 8.42 Å². The molecule has 0 saturated carbocycles. The molecule has 0 N–H and O–H groups in total. The molecule has 0 spiro atoms. The summed E-state index contributed by atoms with van der Waals surface area (Å²) in [6.07, 6.45) is 5.60. The minimum absolute atomic E-state index is 0.0109. The van der Waals surface area contributed by atoms with E-state index in [-0.39, 0.29) is 11.2 Å². The fraction of sp³-hybridized carbons (Fsp3) is 1.00. The van der Waals surface area contributed by atoms with E-state index in [0.29, 0.717) is 19.1 Å². The van der Waals surface area contributed by atoms with Gasteiger partial charge < -0.3 is 9.47 Å². The molecule has 126 valence electrons. The van der Waals surface area contributed by atoms with Gasteiger partial charge in [-0.15, -0.1) is 0 Å². The summed E-state index contributed by atoms with van der Waals surface area (Å²) in [7, 11) is 2.01. The van der Waals surface area contributed by atoms with Crippen LogP contribution in [0.4, 0.5) is 0 Å². The molecule has 1 fully saturated rings. The van der Waals surface area contributed by atoms with E-state index < -0.39 is 9.05 Å². The number of ether oxygens (including phenoxy) is 2. The highest BCUT2D eigenvalue weighted by molar-refractivity contribution is 8.13. The third kappa shape index (κ3) is 7.82. The predicted octanol–water partition coefficient (Wildman–Crippen LogP) is 3.58. The summed E-state index contributed by atoms with van der Waals surface area (Å²) in [6.45, 7) is 6.94. The van der Waals surface area contributed by atoms with Crippen LogP contribution in [0.15, 0.2) is 0 Å². The highest BCUT2D eigenvalue weighted by Gasteiger charge is 2.34. The van der Waals surface area contributed by atoms with Crippen LogP contribution < -0.4 is 0 Å². The standard InChI is InChI=1S/C15H29ClO4S/c1-3-7-15(8-4-2,13-21(16,17)18)12-20-11-14-5-9-19-10-6-14/h14H,3-13H2,1-2H3. The summed E-state index contributed by atoms with van der Waals surface area (Å²) in [5.74, 6) is 0.545. The fourth-order valence-corrected chi connectivity index (χ4v) is 5.03. The van der Waals surface area contributed by atoms with Crippen molar-refractivity contribution in [1.29, 1.82) is 0 Å². The molecule has 0 radical (unpaired) electrons. The molecule has 0 aromatic heterocycles. The van der Waals surface area contributed by atoms with E-state index in [4.69, 9.17) is 20.2 Å². The minimum atomic E-state index is -3.51. The second-order valence-corrected chi connectivity index (χ2v) is 9.03. The topological polar surface area (TPSA) is 52.6 Å². The Kier molecular flexibility index (Phi) is 8.54. The van der Waals surface area contributed by atoms with Crippen LogP contribution in [-0.2, 0) is 18.5 Å². The summed E-state index contributed by atoms with van der Waals surface area (Å²) in [5, 5.41) is 0. The molecule has 1 aliphatic rings. The first kappa shape index (κ1) is 19.2. The third-order valence-electron chi connectivity index (χ3n) is 4.14. The van der Waals surface area contributed by atoms with Crippen LogP contribution in [0.5, 0.6) is 0 Å². The van der Waals surface area contributed by atoms with Crippen molar-refractivity contribution >= 4 is 19.7 Å². The Morgan fingerprint density at radius 2 is 1.76 bits per heavy atom. The Bertz CT molecular complexity index is 371. The number of hydrogen-bond acceptors (Lipinski definition) is 4. The van der Waals surface area contributed by atoms with Crippen molar-refractivity contribution in [3.8, 4) is 0 Å². The van der Waals surface area contributed by atoms with Crippen molar-refractivity contribution in [2.45, 2.75) is 52.4 Å². The van der Waals surface area contributed by atoms with Gasteiger partial charge in [0.15, 0.2) is 0 Å². The van der Waals surface area contributed by atoms with Crippen LogP contribution in [0.25, 0.3) is 0 Å². The van der Waals surface area contributed by atoms with Gasteiger partial charge in [-0.05, 0) is 31.6 Å². The molecule has 4 nitrogen and oxygen atoms in total. The summed E-state index contributed by atoms with van der Waals surface area (Å²) in [5.41, 5.74) is -0.338. The van der Waals surface area contributed by atoms with Crippen LogP contribution in [-0.4, -0.2) is 40.6 Å². The van der Waals surface area contributed by atoms with E-state index in [9.17, 15) is 8.42 Å². The fourth-order valence-electron chi connectivity index (χ4n) is 3.24. The van der Waals surface area contributed by atoms with Gasteiger partial charge in [0.25, 0.3) is 0 Å². The monoisotopic (exact) mass is 340 g/mol. The number of hydrogen-bond donors (Lipinski definition) is 0. The second kappa shape index (κ2) is 9.33. The number of rotatable bonds is 10. The number of halogens is 1. The zero-order valence-electron chi connectivity index (χ0n) is 13.3. The zero-order chi connectivity index (χ0) is 15.8. The molecular weight excluding hydrogens is 312 g/mol. The second-order valence-electron chi connectivity index (χ2n) is 6.25. The van der Waals surface area contributed by atoms with Gasteiger partial charge in [-0.2, -0.15) is 0 Å². The van der Waals surface area contributed by atoms with Crippen molar-refractivity contribution < 1.29 is 17.9 Å². The molecule has 0 unspecified atom stereocenters. The van der Waals surface area contributed by atoms with Gasteiger partial charge in [0.2, 0.25) is 9.05 Å². The summed E-state index contributed by atoms with van der Waals surface area (Å²) >= 11 is 0. The van der Waals surface area contributed by atoms with Gasteiger partial charge >= 0.3 is 0 Å². The lowest BCUT2D eigenvalue weighted by Crippen LogP contribution is -2.34. The molecular formula is C15H29ClO4S. The Balaban J connectivity index is 2.57. The first-order chi connectivity index (χ1) is 9.91. The SMILES string of the molecule is CCCC(CCC)(COCC1CCOCC1)CS(=O)(=O)Cl. The lowest BCUT2D eigenvalue weighted by atomic mass is 9.82. The summed E-state index contributed by atoms with van der Waals surface area (Å²) in [6, 6.07) is 0. The van der Waals surface area contributed by atoms with E-state index in [0.717, 1.165) is 51.7 Å². The first-order valence-corrected chi connectivity index (χ1v) is 10.5. The van der Waals surface area contributed by atoms with E-state index in [2.05, 4.69) is 13.8 Å². The van der Waals surface area contributed by atoms with Gasteiger partial charge in [-0.1, -0.05) is 26.7 Å². The van der Waals surface area contributed by atoms with Gasteiger partial charge in [0.1, 0.15) is 0 Å². The predicted molar refractivity (Wildman–Crippen MR) is 86.3 cm³/mol. The quantitative estimate of drug-likeness (QED) is 0.570. The minimum Gasteiger partial charge on any atom is -0.381 e. The molecule has 1 heterocycles. The lowest BCUT2D eigenvalue weighted by molar-refractivity contribution is -0.00898. The average Bonchev–Trinajstić information content (AvgIpc) is 2.38. The largest absolute Gasteiger partial charge is 0.381 e. The molecule has 6 heteroatoms. The molecule has 1 aliphatic heterocycles. The van der Waals surface area contributed by atoms with E-state index >= 15 is 0 Å². The average molecular weight is 341 g/mol. The maximum absolute atomic E-state index is 11.6. The molecule has 1 rings (SSSR count). The Morgan fingerprint density at radius 3 is 2.24 bits per heavy atom. The Labute approximate surface area is 134 Å². The van der Waals surface area contributed by atoms with Gasteiger partial charge in [0, 0.05) is 35.9 Å². The normalized spacial score (nSPS) is 18.0. The Hall–Kier alpha value is 0.160. The molecule has 1 saturated heterocycles. The van der Waals surface area contributed by atoms with E-state index in [1.807, 2.05) is 0 Å². The van der Waals surface area contributed by atoms with Crippen molar-refractivity contribution in [2.24, 2.45) is 11.3 Å². The lowest BCUT2D eigenvalue weighted by Gasteiger charge is -2.33. The maximum atomic E-state index is 11.6. The molecule has 0 aromatic carbocycles. The first-order valence-electron chi connectivity index (χ1n) is 7.98. The summed E-state index contributed by atoms with van der Waals surface area (Å²) in [4.78, 5) is 0. The molecule has 0 aromatic rings. The van der Waals surface area contributed by atoms with E-state index in [1.165, 1.54) is 0 Å². The maximum Gasteiger partial charge on any atom is 0.233 e. The van der Waals surface area contributed by atoms with Crippen LogP contribution in [0.2, 0.25) is 0 Å². The smallest absolute Gasteiger partial charge is 0.233 e. The molecule has 0 atom stereocenters. The Morgan fingerprint density at radius 1 is 1.19 bits per heavy atom. The molecule has 0 amide bonds. The van der Waals surface area contributed by atoms with Crippen molar-refractivity contribution in [1.82, 2.24) is 0 Å². The van der Waals surface area contributed by atoms with Crippen LogP contribution in [0.3, 0.4) is 0 Å². The summed E-state index contributed by atoms with van der Waals surface area (Å²) < 4.78 is 34.4. The van der Waals surface area contributed by atoms with Crippen molar-refractivity contribution in [3.63, 3.8) is 0 Å². The van der Waals surface area contributed by atoms with Crippen LogP contribution in [0.1, 0.15) is 52.4 Å². The molecule has 0 aliphatic carbocycles. The van der Waals surface area contributed by atoms with Crippen LogP contribution >= 0.6 is 10.7 Å². The highest BCUT2D eigenvalue weighted by Crippen LogP contribution is 2.33. The zero-order valence-corrected chi connectivity index (χ0v) is 14.8. The third-order valence-corrected chi connectivity index (χ3v) is 5.43. The van der Waals surface area contributed by atoms with Crippen LogP contribution in [0, 0.1) is 11.3 Å². The van der Waals surface area contributed by atoms with Gasteiger partial charge in [-0.3, -0.25) is 0 Å². The van der Waals surface area contributed by atoms with Crippen molar-refractivity contribution in [3.05, 3.63) is 0 Å².